The van der Waals surface area contributed by atoms with Gasteiger partial charge in [0.1, 0.15) is 0 Å². The second kappa shape index (κ2) is 5.70. The fraction of sp³-hybridized carbons (Fsp3) is 0.368. The van der Waals surface area contributed by atoms with E-state index in [1.54, 1.807) is 0 Å². The quantitative estimate of drug-likeness (QED) is 0.733. The van der Waals surface area contributed by atoms with Gasteiger partial charge in [-0.05, 0) is 48.4 Å². The van der Waals surface area contributed by atoms with Gasteiger partial charge in [-0.25, -0.2) is 0 Å². The van der Waals surface area contributed by atoms with E-state index < -0.39 is 0 Å². The molecule has 0 unspecified atom stereocenters. The van der Waals surface area contributed by atoms with Crippen molar-refractivity contribution in [3.63, 3.8) is 0 Å². The number of hydrogen-bond donors (Lipinski definition) is 1. The lowest BCUT2D eigenvalue weighted by molar-refractivity contribution is 0.444. The molecule has 104 valence electrons. The predicted molar refractivity (Wildman–Crippen MR) is 86.9 cm³/mol. The standard InChI is InChI=1S/C19H23N/c1-14-7-9-15(10-8-14)17-11-12-18(19(20)13-17)16-5-3-2-4-6-16/h7-13,16H,2-6,20H2,1H3. The maximum absolute atomic E-state index is 6.32. The van der Waals surface area contributed by atoms with Gasteiger partial charge in [0.05, 0.1) is 0 Å². The van der Waals surface area contributed by atoms with E-state index >= 15 is 0 Å². The first kappa shape index (κ1) is 13.2. The van der Waals surface area contributed by atoms with Gasteiger partial charge in [0.2, 0.25) is 0 Å². The largest absolute Gasteiger partial charge is 0.398 e. The molecule has 1 aliphatic rings. The zero-order valence-electron chi connectivity index (χ0n) is 12.2. The van der Waals surface area contributed by atoms with E-state index in [9.17, 15) is 0 Å². The van der Waals surface area contributed by atoms with Crippen molar-refractivity contribution in [2.45, 2.75) is 44.9 Å². The van der Waals surface area contributed by atoms with Crippen LogP contribution in [0.3, 0.4) is 0 Å². The molecule has 1 saturated carbocycles. The Morgan fingerprint density at radius 2 is 1.50 bits per heavy atom. The van der Waals surface area contributed by atoms with Crippen molar-refractivity contribution < 1.29 is 0 Å². The molecule has 0 atom stereocenters. The Morgan fingerprint density at radius 1 is 0.850 bits per heavy atom. The molecule has 3 rings (SSSR count). The van der Waals surface area contributed by atoms with Crippen molar-refractivity contribution in [3.8, 4) is 11.1 Å². The minimum absolute atomic E-state index is 0.677. The summed E-state index contributed by atoms with van der Waals surface area (Å²) in [6.07, 6.45) is 6.69. The first-order valence-electron chi connectivity index (χ1n) is 7.70. The molecule has 0 heterocycles. The van der Waals surface area contributed by atoms with Crippen LogP contribution in [0.4, 0.5) is 5.69 Å². The first-order chi connectivity index (χ1) is 9.74. The van der Waals surface area contributed by atoms with Crippen LogP contribution in [-0.4, -0.2) is 0 Å². The molecule has 0 saturated heterocycles. The van der Waals surface area contributed by atoms with Crippen molar-refractivity contribution in [1.82, 2.24) is 0 Å². The van der Waals surface area contributed by atoms with E-state index in [0.717, 1.165) is 5.69 Å². The molecule has 0 spiro atoms. The highest BCUT2D eigenvalue weighted by molar-refractivity contribution is 5.69. The summed E-state index contributed by atoms with van der Waals surface area (Å²) in [5.74, 6) is 0.677. The van der Waals surface area contributed by atoms with Crippen LogP contribution in [0.2, 0.25) is 0 Å². The molecule has 20 heavy (non-hydrogen) atoms. The van der Waals surface area contributed by atoms with Crippen LogP contribution in [0.25, 0.3) is 11.1 Å². The summed E-state index contributed by atoms with van der Waals surface area (Å²) >= 11 is 0. The number of hydrogen-bond acceptors (Lipinski definition) is 1. The molecule has 1 nitrogen and oxygen atoms in total. The van der Waals surface area contributed by atoms with E-state index in [0.29, 0.717) is 5.92 Å². The summed E-state index contributed by atoms with van der Waals surface area (Å²) in [5.41, 5.74) is 12.4. The Bertz CT molecular complexity index is 577. The van der Waals surface area contributed by atoms with Gasteiger partial charge in [-0.2, -0.15) is 0 Å². The number of anilines is 1. The molecular formula is C19H23N. The van der Waals surface area contributed by atoms with Crippen LogP contribution in [0, 0.1) is 6.92 Å². The Morgan fingerprint density at radius 3 is 2.15 bits per heavy atom. The zero-order valence-corrected chi connectivity index (χ0v) is 12.2. The zero-order chi connectivity index (χ0) is 13.9. The highest BCUT2D eigenvalue weighted by atomic mass is 14.6. The molecule has 2 N–H and O–H groups in total. The number of rotatable bonds is 2. The third kappa shape index (κ3) is 2.72. The van der Waals surface area contributed by atoms with Gasteiger partial charge in [-0.15, -0.1) is 0 Å². The van der Waals surface area contributed by atoms with Gasteiger partial charge in [-0.1, -0.05) is 61.2 Å². The van der Waals surface area contributed by atoms with Crippen molar-refractivity contribution in [3.05, 3.63) is 53.6 Å². The predicted octanol–water partition coefficient (Wildman–Crippen LogP) is 5.29. The molecule has 1 aliphatic carbocycles. The van der Waals surface area contributed by atoms with E-state index in [1.807, 2.05) is 0 Å². The minimum Gasteiger partial charge on any atom is -0.398 e. The molecule has 1 heteroatoms. The SMILES string of the molecule is Cc1ccc(-c2ccc(C3CCCCC3)c(N)c2)cc1. The third-order valence-corrected chi connectivity index (χ3v) is 4.52. The fourth-order valence-electron chi connectivity index (χ4n) is 3.29. The van der Waals surface area contributed by atoms with E-state index in [4.69, 9.17) is 5.73 Å². The molecule has 0 radical (unpaired) electrons. The lowest BCUT2D eigenvalue weighted by Crippen LogP contribution is -2.07. The van der Waals surface area contributed by atoms with Crippen LogP contribution in [0.15, 0.2) is 42.5 Å². The van der Waals surface area contributed by atoms with Crippen molar-refractivity contribution in [2.24, 2.45) is 0 Å². The van der Waals surface area contributed by atoms with E-state index in [1.165, 1.54) is 54.4 Å². The van der Waals surface area contributed by atoms with Crippen molar-refractivity contribution in [1.29, 1.82) is 0 Å². The summed E-state index contributed by atoms with van der Waals surface area (Å²) < 4.78 is 0. The number of aryl methyl sites for hydroxylation is 1. The summed E-state index contributed by atoms with van der Waals surface area (Å²) in [6.45, 7) is 2.12. The second-order valence-corrected chi connectivity index (χ2v) is 6.04. The van der Waals surface area contributed by atoms with Gasteiger partial charge >= 0.3 is 0 Å². The van der Waals surface area contributed by atoms with E-state index in [-0.39, 0.29) is 0 Å². The Labute approximate surface area is 121 Å². The van der Waals surface area contributed by atoms with Crippen LogP contribution < -0.4 is 5.73 Å². The maximum Gasteiger partial charge on any atom is 0.0355 e. The second-order valence-electron chi connectivity index (χ2n) is 6.04. The van der Waals surface area contributed by atoms with Gasteiger partial charge < -0.3 is 5.73 Å². The highest BCUT2D eigenvalue weighted by Crippen LogP contribution is 2.37. The summed E-state index contributed by atoms with van der Waals surface area (Å²) in [6, 6.07) is 15.3. The summed E-state index contributed by atoms with van der Waals surface area (Å²) in [4.78, 5) is 0. The maximum atomic E-state index is 6.32. The third-order valence-electron chi connectivity index (χ3n) is 4.52. The van der Waals surface area contributed by atoms with Gasteiger partial charge in [-0.3, -0.25) is 0 Å². The van der Waals surface area contributed by atoms with Crippen LogP contribution >= 0.6 is 0 Å². The van der Waals surface area contributed by atoms with Crippen LogP contribution in [0.1, 0.15) is 49.1 Å². The normalized spacial score (nSPS) is 16.2. The minimum atomic E-state index is 0.677. The Kier molecular flexibility index (Phi) is 3.77. The summed E-state index contributed by atoms with van der Waals surface area (Å²) in [7, 11) is 0. The fourth-order valence-corrected chi connectivity index (χ4v) is 3.29. The smallest absolute Gasteiger partial charge is 0.0355 e. The van der Waals surface area contributed by atoms with Crippen molar-refractivity contribution in [2.75, 3.05) is 5.73 Å². The topological polar surface area (TPSA) is 26.0 Å². The van der Waals surface area contributed by atoms with Crippen LogP contribution in [-0.2, 0) is 0 Å². The lowest BCUT2D eigenvalue weighted by atomic mass is 9.83. The highest BCUT2D eigenvalue weighted by Gasteiger charge is 2.17. The Hall–Kier alpha value is -1.76. The first-order valence-corrected chi connectivity index (χ1v) is 7.70. The molecule has 1 fully saturated rings. The van der Waals surface area contributed by atoms with Crippen molar-refractivity contribution >= 4 is 5.69 Å². The van der Waals surface area contributed by atoms with Gasteiger partial charge in [0, 0.05) is 5.69 Å². The Balaban J connectivity index is 1.88. The average molecular weight is 265 g/mol. The number of benzene rings is 2. The molecule has 0 aromatic heterocycles. The van der Waals surface area contributed by atoms with Gasteiger partial charge in [0.15, 0.2) is 0 Å². The molecule has 0 bridgehead atoms. The molecule has 2 aromatic rings. The molecule has 2 aromatic carbocycles. The summed E-state index contributed by atoms with van der Waals surface area (Å²) in [5, 5.41) is 0. The van der Waals surface area contributed by atoms with E-state index in [2.05, 4.69) is 49.4 Å². The number of nitrogens with two attached hydrogens (primary N) is 1. The monoisotopic (exact) mass is 265 g/mol. The lowest BCUT2D eigenvalue weighted by Gasteiger charge is -2.23. The molecule has 0 amide bonds. The molecule has 0 aliphatic heterocycles. The van der Waals surface area contributed by atoms with Gasteiger partial charge in [0.25, 0.3) is 0 Å². The molecular weight excluding hydrogens is 242 g/mol. The average Bonchev–Trinajstić information content (AvgIpc) is 2.49. The number of nitrogen functional groups attached to an aromatic ring is 1. The van der Waals surface area contributed by atoms with Crippen LogP contribution in [0.5, 0.6) is 0 Å².